The molecule has 3 rings (SSSR count). The molecule has 3 aromatic rings. The Balaban J connectivity index is 1.81. The van der Waals surface area contributed by atoms with Crippen LogP contribution in [-0.4, -0.2) is 22.3 Å². The number of phenolic OH excluding ortho intramolecular Hbond substituents is 2. The van der Waals surface area contributed by atoms with E-state index in [1.165, 1.54) is 6.21 Å². The first-order valence-corrected chi connectivity index (χ1v) is 7.40. The first-order chi connectivity index (χ1) is 11.6. The number of rotatable bonds is 3. The molecule has 0 saturated heterocycles. The van der Waals surface area contributed by atoms with Gasteiger partial charge in [0.1, 0.15) is 11.5 Å². The summed E-state index contributed by atoms with van der Waals surface area (Å²) in [7, 11) is 0. The van der Waals surface area contributed by atoms with Crippen LogP contribution in [0.4, 0.5) is 0 Å². The van der Waals surface area contributed by atoms with Crippen molar-refractivity contribution < 1.29 is 15.0 Å². The molecule has 1 amide bonds. The number of aromatic hydroxyl groups is 2. The van der Waals surface area contributed by atoms with E-state index in [1.807, 2.05) is 24.3 Å². The zero-order chi connectivity index (χ0) is 17.1. The average molecular weight is 320 g/mol. The lowest BCUT2D eigenvalue weighted by Gasteiger charge is -2.06. The number of nitrogens with one attached hydrogen (secondary N) is 1. The van der Waals surface area contributed by atoms with Crippen LogP contribution in [-0.2, 0) is 0 Å². The summed E-state index contributed by atoms with van der Waals surface area (Å²) in [6, 6.07) is 15.8. The molecule has 0 unspecified atom stereocenters. The molecule has 0 saturated carbocycles. The number of carbonyl (C=O) groups excluding carboxylic acids is 1. The predicted octanol–water partition coefficient (Wildman–Crippen LogP) is 3.32. The number of aryl methyl sites for hydroxylation is 1. The first-order valence-electron chi connectivity index (χ1n) is 7.40. The highest BCUT2D eigenvalue weighted by molar-refractivity contribution is 6.01. The van der Waals surface area contributed by atoms with Gasteiger partial charge in [0, 0.05) is 5.56 Å². The fourth-order valence-electron chi connectivity index (χ4n) is 2.42. The Kier molecular flexibility index (Phi) is 4.16. The second-order valence-corrected chi connectivity index (χ2v) is 5.43. The topological polar surface area (TPSA) is 81.9 Å². The van der Waals surface area contributed by atoms with Gasteiger partial charge in [0.25, 0.3) is 5.91 Å². The van der Waals surface area contributed by atoms with E-state index in [4.69, 9.17) is 0 Å². The van der Waals surface area contributed by atoms with Crippen LogP contribution in [0.25, 0.3) is 10.8 Å². The maximum Gasteiger partial charge on any atom is 0.275 e. The minimum atomic E-state index is -0.526. The normalized spacial score (nSPS) is 11.0. The molecule has 0 radical (unpaired) electrons. The van der Waals surface area contributed by atoms with Gasteiger partial charge in [-0.2, -0.15) is 5.10 Å². The van der Waals surface area contributed by atoms with E-state index in [0.29, 0.717) is 5.56 Å². The van der Waals surface area contributed by atoms with Gasteiger partial charge in [-0.25, -0.2) is 5.43 Å². The molecule has 24 heavy (non-hydrogen) atoms. The lowest BCUT2D eigenvalue weighted by molar-refractivity contribution is 0.0952. The van der Waals surface area contributed by atoms with Crippen LogP contribution in [0.1, 0.15) is 21.5 Å². The van der Waals surface area contributed by atoms with Crippen molar-refractivity contribution in [1.82, 2.24) is 5.43 Å². The van der Waals surface area contributed by atoms with Crippen molar-refractivity contribution >= 4 is 22.9 Å². The van der Waals surface area contributed by atoms with Crippen molar-refractivity contribution in [2.45, 2.75) is 6.92 Å². The van der Waals surface area contributed by atoms with Gasteiger partial charge in [-0.3, -0.25) is 4.79 Å². The second-order valence-electron chi connectivity index (χ2n) is 5.43. The standard InChI is InChI=1S/C19H16N2O3/c1-12-5-4-8-15(18(12)23)11-20-21-19(24)16-9-13-6-2-3-7-14(13)10-17(16)22/h2-11,22-23H,1H3,(H,21,24)/b20-11+. The fourth-order valence-corrected chi connectivity index (χ4v) is 2.42. The van der Waals surface area contributed by atoms with Crippen LogP contribution in [0, 0.1) is 6.92 Å². The summed E-state index contributed by atoms with van der Waals surface area (Å²) in [6.07, 6.45) is 1.36. The van der Waals surface area contributed by atoms with Crippen LogP contribution in [0.2, 0.25) is 0 Å². The molecule has 3 aromatic carbocycles. The number of benzene rings is 3. The van der Waals surface area contributed by atoms with Gasteiger partial charge < -0.3 is 10.2 Å². The Hall–Kier alpha value is -3.34. The summed E-state index contributed by atoms with van der Waals surface area (Å²) in [6.45, 7) is 1.78. The number of fused-ring (bicyclic) bond motifs is 1. The second kappa shape index (κ2) is 6.42. The number of hydrazone groups is 1. The van der Waals surface area contributed by atoms with Crippen molar-refractivity contribution in [3.8, 4) is 11.5 Å². The number of phenols is 2. The minimum Gasteiger partial charge on any atom is -0.507 e. The number of para-hydroxylation sites is 1. The van der Waals surface area contributed by atoms with Crippen LogP contribution >= 0.6 is 0 Å². The third kappa shape index (κ3) is 3.05. The van der Waals surface area contributed by atoms with Gasteiger partial charge in [0.05, 0.1) is 11.8 Å². The molecule has 0 fully saturated rings. The first kappa shape index (κ1) is 15.6. The molecule has 120 valence electrons. The van der Waals surface area contributed by atoms with Crippen molar-refractivity contribution in [2.24, 2.45) is 5.10 Å². The molecule has 0 heterocycles. The minimum absolute atomic E-state index is 0.111. The summed E-state index contributed by atoms with van der Waals surface area (Å²) < 4.78 is 0. The predicted molar refractivity (Wildman–Crippen MR) is 93.5 cm³/mol. The molecule has 3 N–H and O–H groups in total. The van der Waals surface area contributed by atoms with Crippen LogP contribution in [0.15, 0.2) is 59.7 Å². The monoisotopic (exact) mass is 320 g/mol. The molecule has 0 aliphatic rings. The Morgan fingerprint density at radius 1 is 1.04 bits per heavy atom. The summed E-state index contributed by atoms with van der Waals surface area (Å²) in [5, 5.41) is 25.5. The number of amides is 1. The molecule has 0 spiro atoms. The number of hydrogen-bond acceptors (Lipinski definition) is 4. The number of hydrogen-bond donors (Lipinski definition) is 3. The van der Waals surface area contributed by atoms with Gasteiger partial charge in [-0.05, 0) is 41.5 Å². The van der Waals surface area contributed by atoms with E-state index in [1.54, 1.807) is 37.3 Å². The van der Waals surface area contributed by atoms with Gasteiger partial charge in [0.2, 0.25) is 0 Å². The molecule has 0 aromatic heterocycles. The fraction of sp³-hybridized carbons (Fsp3) is 0.0526. The van der Waals surface area contributed by atoms with E-state index < -0.39 is 5.91 Å². The van der Waals surface area contributed by atoms with Crippen molar-refractivity contribution in [2.75, 3.05) is 0 Å². The van der Waals surface area contributed by atoms with Gasteiger partial charge in [0.15, 0.2) is 0 Å². The average Bonchev–Trinajstić information content (AvgIpc) is 2.58. The highest BCUT2D eigenvalue weighted by atomic mass is 16.3. The molecule has 0 bridgehead atoms. The highest BCUT2D eigenvalue weighted by Gasteiger charge is 2.11. The molecular weight excluding hydrogens is 304 g/mol. The summed E-state index contributed by atoms with van der Waals surface area (Å²) >= 11 is 0. The highest BCUT2D eigenvalue weighted by Crippen LogP contribution is 2.25. The zero-order valence-corrected chi connectivity index (χ0v) is 13.0. The maximum atomic E-state index is 12.2. The van der Waals surface area contributed by atoms with E-state index in [2.05, 4.69) is 10.5 Å². The van der Waals surface area contributed by atoms with Gasteiger partial charge >= 0.3 is 0 Å². The molecule has 5 nitrogen and oxygen atoms in total. The Morgan fingerprint density at radius 3 is 2.50 bits per heavy atom. The quantitative estimate of drug-likeness (QED) is 0.511. The molecule has 5 heteroatoms. The summed E-state index contributed by atoms with van der Waals surface area (Å²) in [5.41, 5.74) is 3.72. The lowest BCUT2D eigenvalue weighted by Crippen LogP contribution is -2.17. The third-order valence-corrected chi connectivity index (χ3v) is 3.75. The van der Waals surface area contributed by atoms with Crippen LogP contribution in [0.5, 0.6) is 11.5 Å². The Bertz CT molecular complexity index is 948. The van der Waals surface area contributed by atoms with Gasteiger partial charge in [-0.15, -0.1) is 0 Å². The largest absolute Gasteiger partial charge is 0.507 e. The lowest BCUT2D eigenvalue weighted by atomic mass is 10.1. The third-order valence-electron chi connectivity index (χ3n) is 3.75. The van der Waals surface area contributed by atoms with Gasteiger partial charge in [-0.1, -0.05) is 36.4 Å². The summed E-state index contributed by atoms with van der Waals surface area (Å²) in [4.78, 5) is 12.2. The van der Waals surface area contributed by atoms with E-state index in [9.17, 15) is 15.0 Å². The van der Waals surface area contributed by atoms with Crippen molar-refractivity contribution in [3.63, 3.8) is 0 Å². The van der Waals surface area contributed by atoms with Crippen LogP contribution < -0.4 is 5.43 Å². The molecular formula is C19H16N2O3. The maximum absolute atomic E-state index is 12.2. The zero-order valence-electron chi connectivity index (χ0n) is 13.0. The number of nitrogens with zero attached hydrogens (tertiary/aromatic N) is 1. The van der Waals surface area contributed by atoms with Crippen molar-refractivity contribution in [1.29, 1.82) is 0 Å². The van der Waals surface area contributed by atoms with E-state index in [0.717, 1.165) is 16.3 Å². The molecule has 0 aliphatic carbocycles. The van der Waals surface area contributed by atoms with Crippen molar-refractivity contribution in [3.05, 3.63) is 71.3 Å². The Morgan fingerprint density at radius 2 is 1.75 bits per heavy atom. The SMILES string of the molecule is Cc1cccc(/C=N/NC(=O)c2cc3ccccc3cc2O)c1O. The van der Waals surface area contributed by atoms with E-state index in [-0.39, 0.29) is 17.1 Å². The smallest absolute Gasteiger partial charge is 0.275 e. The summed E-state index contributed by atoms with van der Waals surface area (Å²) in [5.74, 6) is -0.523. The molecule has 0 aliphatic heterocycles. The van der Waals surface area contributed by atoms with Crippen LogP contribution in [0.3, 0.4) is 0 Å². The number of carbonyl (C=O) groups is 1. The Labute approximate surface area is 138 Å². The molecule has 0 atom stereocenters. The van der Waals surface area contributed by atoms with E-state index >= 15 is 0 Å².